The first-order valence-corrected chi connectivity index (χ1v) is 7.63. The third-order valence-electron chi connectivity index (χ3n) is 2.61. The number of amides is 1. The number of carbonyl (C=O) groups excluding carboxylic acids is 1. The van der Waals surface area contributed by atoms with Crippen LogP contribution in [0.3, 0.4) is 0 Å². The van der Waals surface area contributed by atoms with E-state index in [-0.39, 0.29) is 0 Å². The topological polar surface area (TPSA) is 46.2 Å². The number of benzene rings is 2. The highest BCUT2D eigenvalue weighted by Gasteiger charge is 1.99. The van der Waals surface area contributed by atoms with Gasteiger partial charge in [0.15, 0.2) is 0 Å². The third-order valence-corrected chi connectivity index (χ3v) is 3.40. The first kappa shape index (κ1) is 14.9. The molecule has 0 aromatic heterocycles. The van der Waals surface area contributed by atoms with Gasteiger partial charge in [0.25, 0.3) is 5.91 Å². The summed E-state index contributed by atoms with van der Waals surface area (Å²) in [6.45, 7) is 0. The molecule has 0 bridgehead atoms. The summed E-state index contributed by atoms with van der Waals surface area (Å²) in [4.78, 5) is 11.6. The molecular formula is C17H15NO2S. The molecular weight excluding hydrogens is 282 g/mol. The van der Waals surface area contributed by atoms with Crippen LogP contribution in [-0.2, 0) is 15.8 Å². The summed E-state index contributed by atoms with van der Waals surface area (Å²) in [6, 6.07) is 18.9. The Kier molecular flexibility index (Phi) is 5.67. The van der Waals surface area contributed by atoms with Gasteiger partial charge in [0.05, 0.1) is 0 Å². The van der Waals surface area contributed by atoms with Crippen molar-refractivity contribution in [3.05, 3.63) is 83.3 Å². The Morgan fingerprint density at radius 1 is 0.857 bits per heavy atom. The molecule has 2 aromatic rings. The highest BCUT2D eigenvalue weighted by Crippen LogP contribution is 2.02. The van der Waals surface area contributed by atoms with E-state index in [4.69, 9.17) is 0 Å². The second-order valence-electron chi connectivity index (χ2n) is 4.22. The van der Waals surface area contributed by atoms with E-state index in [1.54, 1.807) is 12.2 Å². The van der Waals surface area contributed by atoms with Gasteiger partial charge < -0.3 is 0 Å². The molecule has 0 radical (unpaired) electrons. The zero-order valence-electron chi connectivity index (χ0n) is 11.3. The van der Waals surface area contributed by atoms with E-state index in [2.05, 4.69) is 4.72 Å². The molecule has 0 aliphatic rings. The Labute approximate surface area is 126 Å². The van der Waals surface area contributed by atoms with Gasteiger partial charge >= 0.3 is 0 Å². The van der Waals surface area contributed by atoms with E-state index < -0.39 is 16.9 Å². The van der Waals surface area contributed by atoms with Gasteiger partial charge in [-0.05, 0) is 23.3 Å². The number of hydrogen-bond donors (Lipinski definition) is 1. The third kappa shape index (κ3) is 5.58. The lowest BCUT2D eigenvalue weighted by molar-refractivity contribution is -0.114. The van der Waals surface area contributed by atoms with Crippen molar-refractivity contribution >= 4 is 29.0 Å². The number of rotatable bonds is 5. The Morgan fingerprint density at radius 2 is 1.38 bits per heavy atom. The standard InChI is InChI=1S/C17H15NO2S/c19-17(12-11-15-7-3-1-4-8-15)18-21(20)14-13-16-9-5-2-6-10-16/h1-14H,(H,18,19). The average Bonchev–Trinajstić information content (AvgIpc) is 2.53. The molecule has 0 spiro atoms. The normalized spacial score (nSPS) is 12.6. The maximum absolute atomic E-state index is 11.7. The second kappa shape index (κ2) is 7.97. The predicted octanol–water partition coefficient (Wildman–Crippen LogP) is 3.15. The van der Waals surface area contributed by atoms with Crippen LogP contribution in [0.1, 0.15) is 11.1 Å². The summed E-state index contributed by atoms with van der Waals surface area (Å²) in [5.41, 5.74) is 1.85. The van der Waals surface area contributed by atoms with Crippen LogP contribution < -0.4 is 4.72 Å². The van der Waals surface area contributed by atoms with Crippen molar-refractivity contribution in [2.24, 2.45) is 0 Å². The molecule has 1 N–H and O–H groups in total. The van der Waals surface area contributed by atoms with Gasteiger partial charge in [-0.25, -0.2) is 4.21 Å². The van der Waals surface area contributed by atoms with Crippen LogP contribution in [0.25, 0.3) is 12.2 Å². The van der Waals surface area contributed by atoms with Crippen molar-refractivity contribution < 1.29 is 9.00 Å². The molecule has 0 aliphatic carbocycles. The number of nitrogens with one attached hydrogen (secondary N) is 1. The van der Waals surface area contributed by atoms with E-state index >= 15 is 0 Å². The quantitative estimate of drug-likeness (QED) is 0.862. The lowest BCUT2D eigenvalue weighted by atomic mass is 10.2. The molecule has 0 saturated carbocycles. The maximum Gasteiger partial charge on any atom is 0.255 e. The molecule has 2 rings (SSSR count). The van der Waals surface area contributed by atoms with Gasteiger partial charge in [-0.2, -0.15) is 0 Å². The van der Waals surface area contributed by atoms with Crippen molar-refractivity contribution in [2.45, 2.75) is 0 Å². The summed E-state index contributed by atoms with van der Waals surface area (Å²) in [7, 11) is -1.54. The molecule has 0 aliphatic heterocycles. The van der Waals surface area contributed by atoms with Crippen LogP contribution in [0.5, 0.6) is 0 Å². The van der Waals surface area contributed by atoms with E-state index in [0.717, 1.165) is 11.1 Å². The molecule has 106 valence electrons. The van der Waals surface area contributed by atoms with Gasteiger partial charge in [-0.3, -0.25) is 9.52 Å². The van der Waals surface area contributed by atoms with Crippen LogP contribution in [-0.4, -0.2) is 10.1 Å². The largest absolute Gasteiger partial charge is 0.269 e. The number of hydrogen-bond acceptors (Lipinski definition) is 2. The van der Waals surface area contributed by atoms with Crippen molar-refractivity contribution in [1.29, 1.82) is 0 Å². The molecule has 1 atom stereocenters. The van der Waals surface area contributed by atoms with Gasteiger partial charge in [-0.15, -0.1) is 0 Å². The molecule has 3 nitrogen and oxygen atoms in total. The average molecular weight is 297 g/mol. The first-order valence-electron chi connectivity index (χ1n) is 6.41. The van der Waals surface area contributed by atoms with Crippen molar-refractivity contribution in [2.75, 3.05) is 0 Å². The minimum atomic E-state index is -1.54. The summed E-state index contributed by atoms with van der Waals surface area (Å²) < 4.78 is 14.1. The van der Waals surface area contributed by atoms with Crippen molar-refractivity contribution in [3.63, 3.8) is 0 Å². The first-order chi connectivity index (χ1) is 10.2. The van der Waals surface area contributed by atoms with Crippen LogP contribution >= 0.6 is 0 Å². The molecule has 1 unspecified atom stereocenters. The van der Waals surface area contributed by atoms with Gasteiger partial charge in [-0.1, -0.05) is 60.7 Å². The maximum atomic E-state index is 11.7. The molecule has 0 saturated heterocycles. The van der Waals surface area contributed by atoms with Gasteiger partial charge in [0.2, 0.25) is 0 Å². The van der Waals surface area contributed by atoms with Crippen LogP contribution in [0.4, 0.5) is 0 Å². The van der Waals surface area contributed by atoms with Gasteiger partial charge in [0.1, 0.15) is 11.0 Å². The second-order valence-corrected chi connectivity index (χ2v) is 5.29. The fourth-order valence-electron chi connectivity index (χ4n) is 1.61. The fourth-order valence-corrected chi connectivity index (χ4v) is 2.22. The highest BCUT2D eigenvalue weighted by atomic mass is 32.2. The zero-order chi connectivity index (χ0) is 14.9. The van der Waals surface area contributed by atoms with E-state index in [1.807, 2.05) is 60.7 Å². The van der Waals surface area contributed by atoms with Gasteiger partial charge in [0, 0.05) is 11.5 Å². The molecule has 2 aromatic carbocycles. The SMILES string of the molecule is O=C(C=Cc1ccccc1)NS(=O)C=Cc1ccccc1. The van der Waals surface area contributed by atoms with E-state index in [9.17, 15) is 9.00 Å². The predicted molar refractivity (Wildman–Crippen MR) is 87.2 cm³/mol. The minimum Gasteiger partial charge on any atom is -0.269 e. The lowest BCUT2D eigenvalue weighted by Gasteiger charge is -1.97. The molecule has 21 heavy (non-hydrogen) atoms. The van der Waals surface area contributed by atoms with Crippen LogP contribution in [0.2, 0.25) is 0 Å². The minimum absolute atomic E-state index is 0.394. The fraction of sp³-hybridized carbons (Fsp3) is 0. The lowest BCUT2D eigenvalue weighted by Crippen LogP contribution is -2.21. The molecule has 4 heteroatoms. The van der Waals surface area contributed by atoms with Crippen molar-refractivity contribution in [1.82, 2.24) is 4.72 Å². The Hall–Kier alpha value is -2.46. The summed E-state index contributed by atoms with van der Waals surface area (Å²) in [6.07, 6.45) is 4.74. The molecule has 1 amide bonds. The monoisotopic (exact) mass is 297 g/mol. The van der Waals surface area contributed by atoms with Crippen LogP contribution in [0.15, 0.2) is 72.1 Å². The number of carbonyl (C=O) groups is 1. The summed E-state index contributed by atoms with van der Waals surface area (Å²) in [5.74, 6) is -0.394. The molecule has 0 fully saturated rings. The summed E-state index contributed by atoms with van der Waals surface area (Å²) in [5, 5.41) is 1.45. The Morgan fingerprint density at radius 3 is 1.95 bits per heavy atom. The van der Waals surface area contributed by atoms with Crippen molar-refractivity contribution in [3.8, 4) is 0 Å². The highest BCUT2D eigenvalue weighted by molar-refractivity contribution is 7.86. The zero-order valence-corrected chi connectivity index (χ0v) is 12.1. The molecule has 0 heterocycles. The van der Waals surface area contributed by atoms with E-state index in [1.165, 1.54) is 11.5 Å². The Balaban J connectivity index is 1.87. The smallest absolute Gasteiger partial charge is 0.255 e. The van der Waals surface area contributed by atoms with Crippen LogP contribution in [0, 0.1) is 0 Å². The van der Waals surface area contributed by atoms with E-state index in [0.29, 0.717) is 0 Å². The Bertz CT molecular complexity index is 604. The summed E-state index contributed by atoms with van der Waals surface area (Å²) >= 11 is 0.